The zero-order valence-electron chi connectivity index (χ0n) is 12.9. The van der Waals surface area contributed by atoms with Crippen molar-refractivity contribution in [2.45, 2.75) is 81.6 Å². The summed E-state index contributed by atoms with van der Waals surface area (Å²) in [6.07, 6.45) is 3.78. The van der Waals surface area contributed by atoms with Crippen LogP contribution in [0.15, 0.2) is 12.2 Å². The van der Waals surface area contributed by atoms with E-state index in [9.17, 15) is 0 Å². The van der Waals surface area contributed by atoms with Gasteiger partial charge in [-0.05, 0) is 12.3 Å². The fourth-order valence-electron chi connectivity index (χ4n) is 0.334. The lowest BCUT2D eigenvalue weighted by atomic mass is 10.5. The van der Waals surface area contributed by atoms with Crippen LogP contribution in [0.3, 0.4) is 0 Å². The Balaban J connectivity index is -0.0000000543. The van der Waals surface area contributed by atoms with Gasteiger partial charge in [-0.2, -0.15) is 0 Å². The van der Waals surface area contributed by atoms with Gasteiger partial charge in [0.1, 0.15) is 0 Å². The third kappa shape index (κ3) is 57.5. The highest BCUT2D eigenvalue weighted by Crippen LogP contribution is 2.34. The van der Waals surface area contributed by atoms with Gasteiger partial charge in [0.15, 0.2) is 0 Å². The molecule has 1 rings (SSSR count). The molecule has 0 aliphatic heterocycles. The Morgan fingerprint density at radius 3 is 1.00 bits per heavy atom. The lowest BCUT2D eigenvalue weighted by Crippen LogP contribution is -1.46. The van der Waals surface area contributed by atoms with Gasteiger partial charge in [-0.1, -0.05) is 87.3 Å². The van der Waals surface area contributed by atoms with Crippen LogP contribution < -0.4 is 0 Å². The zero-order valence-corrected chi connectivity index (χ0v) is 12.9. The minimum atomic E-state index is 0.856. The van der Waals surface area contributed by atoms with Gasteiger partial charge in [0.05, 0.1) is 0 Å². The summed E-state index contributed by atoms with van der Waals surface area (Å²) < 4.78 is 0. The monoisotopic (exact) mass is 216 g/mol. The Labute approximate surface area is 100 Å². The number of hydrogen-bond donors (Lipinski definition) is 0. The van der Waals surface area contributed by atoms with Crippen molar-refractivity contribution < 1.29 is 0 Å². The van der Waals surface area contributed by atoms with E-state index >= 15 is 0 Å². The highest BCUT2D eigenvalue weighted by molar-refractivity contribution is 5.16. The maximum Gasteiger partial charge on any atom is -0.0197 e. The average molecular weight is 216 g/mol. The normalized spacial score (nSPS) is 14.7. The first-order valence-electron chi connectivity index (χ1n) is 6.81. The summed E-state index contributed by atoms with van der Waals surface area (Å²) in [6, 6.07) is 0. The molecule has 0 radical (unpaired) electrons. The fourth-order valence-corrected chi connectivity index (χ4v) is 0.334. The van der Waals surface area contributed by atoms with E-state index in [0.29, 0.717) is 0 Å². The van der Waals surface area contributed by atoms with Crippen LogP contribution in [0.1, 0.15) is 81.6 Å². The van der Waals surface area contributed by atoms with Crippen molar-refractivity contribution in [1.29, 1.82) is 0 Å². The second kappa shape index (κ2) is 29.2. The topological polar surface area (TPSA) is 0 Å². The number of hydrogen-bond acceptors (Lipinski definition) is 0. The maximum absolute atomic E-state index is 3.75. The van der Waals surface area contributed by atoms with Crippen LogP contribution in [0.4, 0.5) is 0 Å². The lowest BCUT2D eigenvalue weighted by Gasteiger charge is -1.57. The molecule has 1 fully saturated rings. The molecular weight excluding hydrogens is 180 g/mol. The van der Waals surface area contributed by atoms with Gasteiger partial charge in [0.2, 0.25) is 0 Å². The van der Waals surface area contributed by atoms with Crippen LogP contribution in [0.2, 0.25) is 0 Å². The standard InChI is InChI=1S/C5H8.2C3H8.2C2H6/c1-4-3-5(4)2;2*1-3-2;2*1-2/h5H,1,3H2,2H3;2*3H2,1-2H3;2*1-2H3. The van der Waals surface area contributed by atoms with E-state index < -0.39 is 0 Å². The van der Waals surface area contributed by atoms with Crippen molar-refractivity contribution >= 4 is 0 Å². The lowest BCUT2D eigenvalue weighted by molar-refractivity contribution is 1.02. The average Bonchev–Trinajstić information content (AvgIpc) is 2.89. The molecule has 0 heterocycles. The van der Waals surface area contributed by atoms with E-state index in [1.54, 1.807) is 0 Å². The quantitative estimate of drug-likeness (QED) is 0.407. The van der Waals surface area contributed by atoms with E-state index in [1.807, 2.05) is 27.7 Å². The summed E-state index contributed by atoms with van der Waals surface area (Å²) in [7, 11) is 0. The molecule has 0 amide bonds. The van der Waals surface area contributed by atoms with Crippen LogP contribution in [0.25, 0.3) is 0 Å². The van der Waals surface area contributed by atoms with Crippen molar-refractivity contribution in [2.75, 3.05) is 0 Å². The Morgan fingerprint density at radius 1 is 0.933 bits per heavy atom. The van der Waals surface area contributed by atoms with E-state index in [4.69, 9.17) is 0 Å². The molecule has 0 nitrogen and oxygen atoms in total. The minimum absolute atomic E-state index is 0.856. The molecule has 1 unspecified atom stereocenters. The predicted octanol–water partition coefficient (Wildman–Crippen LogP) is 6.47. The maximum atomic E-state index is 3.75. The first-order chi connectivity index (χ1) is 7.13. The smallest absolute Gasteiger partial charge is 0.0197 e. The summed E-state index contributed by atoms with van der Waals surface area (Å²) in [6.45, 7) is 22.4. The Morgan fingerprint density at radius 2 is 1.00 bits per heavy atom. The predicted molar refractivity (Wildman–Crippen MR) is 77.5 cm³/mol. The summed E-state index contributed by atoms with van der Waals surface area (Å²) >= 11 is 0. The van der Waals surface area contributed by atoms with Crippen molar-refractivity contribution in [3.8, 4) is 0 Å². The first kappa shape index (κ1) is 24.1. The van der Waals surface area contributed by atoms with Crippen LogP contribution >= 0.6 is 0 Å². The first-order valence-corrected chi connectivity index (χ1v) is 6.81. The Kier molecular flexibility index (Phi) is 47.0. The number of allylic oxidation sites excluding steroid dienone is 1. The molecule has 1 atom stereocenters. The molecule has 1 saturated carbocycles. The van der Waals surface area contributed by atoms with Gasteiger partial charge >= 0.3 is 0 Å². The van der Waals surface area contributed by atoms with Crippen molar-refractivity contribution in [2.24, 2.45) is 5.92 Å². The zero-order chi connectivity index (χ0) is 13.3. The van der Waals surface area contributed by atoms with Gasteiger partial charge < -0.3 is 0 Å². The summed E-state index contributed by atoms with van der Waals surface area (Å²) in [4.78, 5) is 0. The molecule has 0 aromatic carbocycles. The summed E-state index contributed by atoms with van der Waals surface area (Å²) in [5, 5.41) is 0. The molecule has 0 spiro atoms. The molecule has 0 saturated heterocycles. The van der Waals surface area contributed by atoms with Gasteiger partial charge in [-0.25, -0.2) is 0 Å². The molecule has 0 bridgehead atoms. The van der Waals surface area contributed by atoms with Crippen LogP contribution in [0.5, 0.6) is 0 Å². The molecule has 0 heteroatoms. The molecule has 15 heavy (non-hydrogen) atoms. The molecule has 96 valence electrons. The van der Waals surface area contributed by atoms with E-state index in [0.717, 1.165) is 5.92 Å². The van der Waals surface area contributed by atoms with Crippen molar-refractivity contribution in [3.63, 3.8) is 0 Å². The van der Waals surface area contributed by atoms with Gasteiger partial charge in [-0.15, -0.1) is 0 Å². The minimum Gasteiger partial charge on any atom is -0.0996 e. The molecule has 0 aromatic heterocycles. The summed E-state index contributed by atoms with van der Waals surface area (Å²) in [5.41, 5.74) is 1.42. The van der Waals surface area contributed by atoms with E-state index in [2.05, 4.69) is 41.2 Å². The third-order valence-corrected chi connectivity index (χ3v) is 1.11. The van der Waals surface area contributed by atoms with E-state index in [-0.39, 0.29) is 0 Å². The SMILES string of the molecule is C=C1CC1C.CC.CC.CCC.CCC. The molecule has 0 N–H and O–H groups in total. The second-order valence-electron chi connectivity index (χ2n) is 3.18. The van der Waals surface area contributed by atoms with Crippen molar-refractivity contribution in [3.05, 3.63) is 12.2 Å². The number of rotatable bonds is 0. The molecular formula is C15H36. The highest BCUT2D eigenvalue weighted by atomic mass is 14.2. The second-order valence-corrected chi connectivity index (χ2v) is 3.18. The molecule has 1 aliphatic rings. The third-order valence-electron chi connectivity index (χ3n) is 1.11. The molecule has 0 aromatic rings. The summed E-state index contributed by atoms with van der Waals surface area (Å²) in [5.74, 6) is 0.856. The van der Waals surface area contributed by atoms with Crippen LogP contribution in [-0.2, 0) is 0 Å². The Hall–Kier alpha value is -0.260. The van der Waals surface area contributed by atoms with E-state index in [1.165, 1.54) is 24.8 Å². The van der Waals surface area contributed by atoms with Crippen molar-refractivity contribution in [1.82, 2.24) is 0 Å². The van der Waals surface area contributed by atoms with Crippen LogP contribution in [0, 0.1) is 5.92 Å². The van der Waals surface area contributed by atoms with Gasteiger partial charge in [-0.3, -0.25) is 0 Å². The van der Waals surface area contributed by atoms with Gasteiger partial charge in [0.25, 0.3) is 0 Å². The van der Waals surface area contributed by atoms with Crippen LogP contribution in [-0.4, -0.2) is 0 Å². The molecule has 1 aliphatic carbocycles. The Bertz CT molecular complexity index is 80.0. The van der Waals surface area contributed by atoms with Gasteiger partial charge in [0, 0.05) is 0 Å². The largest absolute Gasteiger partial charge is 0.0996 e. The highest BCUT2D eigenvalue weighted by Gasteiger charge is 2.19. The fraction of sp³-hybridized carbons (Fsp3) is 0.867.